The zero-order valence-corrected chi connectivity index (χ0v) is 13.3. The Labute approximate surface area is 131 Å². The summed E-state index contributed by atoms with van der Waals surface area (Å²) >= 11 is 0. The van der Waals surface area contributed by atoms with E-state index < -0.39 is 0 Å². The lowest BCUT2D eigenvalue weighted by Crippen LogP contribution is -2.40. The van der Waals surface area contributed by atoms with E-state index in [4.69, 9.17) is 4.52 Å². The number of amides is 1. The monoisotopic (exact) mass is 303 g/mol. The Hall–Kier alpha value is -1.36. The molecule has 1 amide bonds. The Morgan fingerprint density at radius 1 is 1.27 bits per heavy atom. The summed E-state index contributed by atoms with van der Waals surface area (Å²) in [5.41, 5.74) is 0.443. The SMILES string of the molecule is C[C@@H]1CN(C2CC2)C[C@@H]1NC(=O)c1cc(C2CCCC2)on1. The number of aromatic nitrogens is 1. The second kappa shape index (κ2) is 5.69. The Kier molecular flexibility index (Phi) is 3.68. The summed E-state index contributed by atoms with van der Waals surface area (Å²) in [5.74, 6) is 1.78. The molecule has 4 rings (SSSR count). The summed E-state index contributed by atoms with van der Waals surface area (Å²) in [6.07, 6.45) is 7.47. The maximum absolute atomic E-state index is 12.4. The Morgan fingerprint density at radius 3 is 2.77 bits per heavy atom. The van der Waals surface area contributed by atoms with Gasteiger partial charge >= 0.3 is 0 Å². The molecule has 3 aliphatic rings. The molecule has 2 heterocycles. The highest BCUT2D eigenvalue weighted by atomic mass is 16.5. The zero-order chi connectivity index (χ0) is 15.1. The van der Waals surface area contributed by atoms with Crippen LogP contribution in [0.5, 0.6) is 0 Å². The predicted octanol–water partition coefficient (Wildman–Crippen LogP) is 2.54. The molecule has 1 saturated heterocycles. The van der Waals surface area contributed by atoms with E-state index in [2.05, 4.69) is 22.3 Å². The third-order valence-electron chi connectivity index (χ3n) is 5.54. The van der Waals surface area contributed by atoms with Gasteiger partial charge in [-0.15, -0.1) is 0 Å². The van der Waals surface area contributed by atoms with Gasteiger partial charge in [-0.2, -0.15) is 0 Å². The Bertz CT molecular complexity index is 546. The quantitative estimate of drug-likeness (QED) is 0.928. The summed E-state index contributed by atoms with van der Waals surface area (Å²) in [4.78, 5) is 14.9. The van der Waals surface area contributed by atoms with E-state index in [-0.39, 0.29) is 11.9 Å². The van der Waals surface area contributed by atoms with Crippen LogP contribution in [0.15, 0.2) is 10.6 Å². The first-order valence-corrected chi connectivity index (χ1v) is 8.72. The fourth-order valence-corrected chi connectivity index (χ4v) is 3.97. The highest BCUT2D eigenvalue weighted by Crippen LogP contribution is 2.34. The largest absolute Gasteiger partial charge is 0.360 e. The van der Waals surface area contributed by atoms with Crippen LogP contribution in [-0.2, 0) is 0 Å². The summed E-state index contributed by atoms with van der Waals surface area (Å²) in [5, 5.41) is 7.15. The lowest BCUT2D eigenvalue weighted by Gasteiger charge is -2.16. The van der Waals surface area contributed by atoms with E-state index in [9.17, 15) is 4.79 Å². The standard InChI is InChI=1S/C17H25N3O2/c1-11-9-20(13-6-7-13)10-15(11)18-17(21)14-8-16(22-19-14)12-4-2-3-5-12/h8,11-13,15H,2-7,9-10H2,1H3,(H,18,21)/t11-,15+/m1/s1. The maximum Gasteiger partial charge on any atom is 0.273 e. The smallest absolute Gasteiger partial charge is 0.273 e. The van der Waals surface area contributed by atoms with Crippen LogP contribution >= 0.6 is 0 Å². The molecule has 0 aromatic carbocycles. The molecule has 0 spiro atoms. The molecule has 2 saturated carbocycles. The average Bonchev–Trinajstić information content (AvgIpc) is 2.94. The van der Waals surface area contributed by atoms with E-state index in [1.54, 1.807) is 0 Å². The molecule has 0 unspecified atom stereocenters. The van der Waals surface area contributed by atoms with Gasteiger partial charge in [-0.05, 0) is 31.6 Å². The fourth-order valence-electron chi connectivity index (χ4n) is 3.97. The van der Waals surface area contributed by atoms with Crippen LogP contribution in [0.2, 0.25) is 0 Å². The van der Waals surface area contributed by atoms with Gasteiger partial charge in [0.1, 0.15) is 5.76 Å². The minimum absolute atomic E-state index is 0.0810. The van der Waals surface area contributed by atoms with Crippen LogP contribution in [0.3, 0.4) is 0 Å². The van der Waals surface area contributed by atoms with Crippen LogP contribution in [0.1, 0.15) is 67.6 Å². The number of carbonyl (C=O) groups is 1. The summed E-state index contributed by atoms with van der Waals surface area (Å²) in [6.45, 7) is 4.30. The van der Waals surface area contributed by atoms with Crippen LogP contribution in [-0.4, -0.2) is 41.1 Å². The van der Waals surface area contributed by atoms with Crippen LogP contribution in [0, 0.1) is 5.92 Å². The first-order chi connectivity index (χ1) is 10.7. The van der Waals surface area contributed by atoms with Crippen molar-refractivity contribution < 1.29 is 9.32 Å². The van der Waals surface area contributed by atoms with Crippen molar-refractivity contribution in [2.24, 2.45) is 5.92 Å². The highest BCUT2D eigenvalue weighted by molar-refractivity contribution is 5.92. The molecule has 2 aliphatic carbocycles. The topological polar surface area (TPSA) is 58.4 Å². The van der Waals surface area contributed by atoms with Crippen molar-refractivity contribution in [2.75, 3.05) is 13.1 Å². The van der Waals surface area contributed by atoms with E-state index in [0.717, 1.165) is 37.7 Å². The van der Waals surface area contributed by atoms with E-state index in [1.807, 2.05) is 6.07 Å². The number of rotatable bonds is 4. The van der Waals surface area contributed by atoms with Crippen molar-refractivity contribution in [3.63, 3.8) is 0 Å². The second-order valence-corrected chi connectivity index (χ2v) is 7.34. The molecule has 0 bridgehead atoms. The normalized spacial score (nSPS) is 30.0. The van der Waals surface area contributed by atoms with E-state index in [0.29, 0.717) is 17.5 Å². The fraction of sp³-hybridized carbons (Fsp3) is 0.765. The van der Waals surface area contributed by atoms with Gasteiger partial charge in [-0.3, -0.25) is 9.69 Å². The zero-order valence-electron chi connectivity index (χ0n) is 13.3. The molecule has 5 nitrogen and oxygen atoms in total. The molecule has 120 valence electrons. The maximum atomic E-state index is 12.4. The molecule has 2 atom stereocenters. The lowest BCUT2D eigenvalue weighted by molar-refractivity contribution is 0.0922. The van der Waals surface area contributed by atoms with Gasteiger partial charge in [0.2, 0.25) is 0 Å². The van der Waals surface area contributed by atoms with Gasteiger partial charge < -0.3 is 9.84 Å². The van der Waals surface area contributed by atoms with Gasteiger partial charge in [0, 0.05) is 37.2 Å². The molecule has 1 aliphatic heterocycles. The van der Waals surface area contributed by atoms with Gasteiger partial charge in [0.25, 0.3) is 5.91 Å². The number of likely N-dealkylation sites (tertiary alicyclic amines) is 1. The molecular weight excluding hydrogens is 278 g/mol. The highest BCUT2D eigenvalue weighted by Gasteiger charge is 2.39. The summed E-state index contributed by atoms with van der Waals surface area (Å²) in [6, 6.07) is 2.86. The van der Waals surface area contributed by atoms with Gasteiger partial charge in [-0.25, -0.2) is 0 Å². The van der Waals surface area contributed by atoms with Crippen LogP contribution < -0.4 is 5.32 Å². The molecule has 1 aromatic rings. The van der Waals surface area contributed by atoms with Crippen molar-refractivity contribution >= 4 is 5.91 Å². The molecule has 3 fully saturated rings. The molecule has 1 aromatic heterocycles. The minimum atomic E-state index is -0.0810. The van der Waals surface area contributed by atoms with Crippen LogP contribution in [0.4, 0.5) is 0 Å². The predicted molar refractivity (Wildman–Crippen MR) is 82.7 cm³/mol. The number of nitrogens with one attached hydrogen (secondary N) is 1. The van der Waals surface area contributed by atoms with Crippen molar-refractivity contribution in [2.45, 2.75) is 63.5 Å². The Balaban J connectivity index is 1.37. The van der Waals surface area contributed by atoms with E-state index in [1.165, 1.54) is 25.7 Å². The second-order valence-electron chi connectivity index (χ2n) is 7.34. The lowest BCUT2D eigenvalue weighted by atomic mass is 10.0. The van der Waals surface area contributed by atoms with Crippen molar-refractivity contribution in [1.82, 2.24) is 15.4 Å². The molecule has 22 heavy (non-hydrogen) atoms. The van der Waals surface area contributed by atoms with Crippen molar-refractivity contribution in [3.05, 3.63) is 17.5 Å². The molecule has 1 N–H and O–H groups in total. The Morgan fingerprint density at radius 2 is 2.05 bits per heavy atom. The number of hydrogen-bond donors (Lipinski definition) is 1. The van der Waals surface area contributed by atoms with Crippen LogP contribution in [0.25, 0.3) is 0 Å². The number of nitrogens with zero attached hydrogens (tertiary/aromatic N) is 2. The average molecular weight is 303 g/mol. The van der Waals surface area contributed by atoms with Crippen molar-refractivity contribution in [3.8, 4) is 0 Å². The third kappa shape index (κ3) is 2.78. The summed E-state index contributed by atoms with van der Waals surface area (Å²) < 4.78 is 5.41. The third-order valence-corrected chi connectivity index (χ3v) is 5.54. The summed E-state index contributed by atoms with van der Waals surface area (Å²) in [7, 11) is 0. The molecular formula is C17H25N3O2. The van der Waals surface area contributed by atoms with Gasteiger partial charge in [-0.1, -0.05) is 24.9 Å². The number of hydrogen-bond acceptors (Lipinski definition) is 4. The molecule has 0 radical (unpaired) electrons. The number of carbonyl (C=O) groups excluding carboxylic acids is 1. The van der Waals surface area contributed by atoms with E-state index >= 15 is 0 Å². The van der Waals surface area contributed by atoms with Gasteiger partial charge in [0.15, 0.2) is 5.69 Å². The first-order valence-electron chi connectivity index (χ1n) is 8.72. The van der Waals surface area contributed by atoms with Gasteiger partial charge in [0.05, 0.1) is 0 Å². The van der Waals surface area contributed by atoms with Crippen molar-refractivity contribution in [1.29, 1.82) is 0 Å². The minimum Gasteiger partial charge on any atom is -0.360 e. The first kappa shape index (κ1) is 14.2. The molecule has 5 heteroatoms.